The Morgan fingerprint density at radius 3 is 2.59 bits per heavy atom. The van der Waals surface area contributed by atoms with Crippen molar-refractivity contribution in [1.29, 1.82) is 0 Å². The molecule has 2 aromatic rings. The zero-order chi connectivity index (χ0) is 23.4. The number of carbonyl (C=O) groups excluding carboxylic acids is 1. The third-order valence-corrected chi connectivity index (χ3v) is 8.11. The van der Waals surface area contributed by atoms with Crippen LogP contribution in [0.3, 0.4) is 0 Å². The normalized spacial score (nSPS) is 16.2. The van der Waals surface area contributed by atoms with E-state index in [1.165, 1.54) is 11.3 Å². The molecule has 176 valence electrons. The van der Waals surface area contributed by atoms with Crippen molar-refractivity contribution >= 4 is 32.4 Å². The lowest BCUT2D eigenvalue weighted by molar-refractivity contribution is -0.137. The van der Waals surface area contributed by atoms with Gasteiger partial charge in [0.1, 0.15) is 5.01 Å². The summed E-state index contributed by atoms with van der Waals surface area (Å²) in [5, 5.41) is 12.1. The zero-order valence-electron chi connectivity index (χ0n) is 17.6. The maximum absolute atomic E-state index is 12.9. The molecule has 1 saturated heterocycles. The number of hydrogen-bond acceptors (Lipinski definition) is 6. The standard InChI is InChI=1S/C20H25F3N4O3S2/c1-2-3-4-8-17-25-26-19(31-17)24-18(28)14-9-11-27(12-10-14)32(29,30)16-7-5-6-15(13-16)20(21,22)23/h5-7,13-14H,2-4,8-12H2,1H3,(H,24,26,28). The van der Waals surface area contributed by atoms with E-state index in [1.807, 2.05) is 0 Å². The van der Waals surface area contributed by atoms with Gasteiger partial charge in [-0.05, 0) is 37.5 Å². The Morgan fingerprint density at radius 1 is 1.22 bits per heavy atom. The predicted molar refractivity (Wildman–Crippen MR) is 115 cm³/mol. The largest absolute Gasteiger partial charge is 0.416 e. The number of rotatable bonds is 8. The van der Waals surface area contributed by atoms with Crippen LogP contribution in [-0.4, -0.2) is 41.9 Å². The molecule has 0 saturated carbocycles. The monoisotopic (exact) mass is 490 g/mol. The lowest BCUT2D eigenvalue weighted by Gasteiger charge is -2.30. The number of anilines is 1. The Bertz CT molecular complexity index is 1030. The second-order valence-corrected chi connectivity index (χ2v) is 10.7. The Morgan fingerprint density at radius 2 is 1.94 bits per heavy atom. The number of nitrogens with zero attached hydrogens (tertiary/aromatic N) is 3. The van der Waals surface area contributed by atoms with Crippen LogP contribution in [0.15, 0.2) is 29.2 Å². The number of unbranched alkanes of at least 4 members (excludes halogenated alkanes) is 2. The molecule has 2 heterocycles. The van der Waals surface area contributed by atoms with E-state index in [4.69, 9.17) is 0 Å². The van der Waals surface area contributed by atoms with Crippen molar-refractivity contribution in [2.45, 2.75) is 56.5 Å². The minimum Gasteiger partial charge on any atom is -0.300 e. The molecule has 1 fully saturated rings. The number of halogens is 3. The first-order chi connectivity index (χ1) is 15.1. The Hall–Kier alpha value is -2.05. The van der Waals surface area contributed by atoms with Crippen LogP contribution >= 0.6 is 11.3 Å². The molecule has 1 amide bonds. The number of nitrogens with one attached hydrogen (secondary N) is 1. The second-order valence-electron chi connectivity index (χ2n) is 7.65. The van der Waals surface area contributed by atoms with E-state index in [9.17, 15) is 26.4 Å². The highest BCUT2D eigenvalue weighted by Crippen LogP contribution is 2.32. The minimum absolute atomic E-state index is 0.0506. The molecule has 1 aromatic carbocycles. The zero-order valence-corrected chi connectivity index (χ0v) is 19.2. The van der Waals surface area contributed by atoms with Crippen LogP contribution in [0, 0.1) is 5.92 Å². The van der Waals surface area contributed by atoms with Gasteiger partial charge in [0.05, 0.1) is 10.5 Å². The van der Waals surface area contributed by atoms with Gasteiger partial charge in [0.25, 0.3) is 0 Å². The molecule has 1 N–H and O–H groups in total. The number of aryl methyl sites for hydroxylation is 1. The predicted octanol–water partition coefficient (Wildman–Crippen LogP) is 4.33. The van der Waals surface area contributed by atoms with Gasteiger partial charge < -0.3 is 5.32 Å². The lowest BCUT2D eigenvalue weighted by atomic mass is 9.97. The van der Waals surface area contributed by atoms with Gasteiger partial charge in [-0.15, -0.1) is 10.2 Å². The van der Waals surface area contributed by atoms with Gasteiger partial charge in [0.2, 0.25) is 21.1 Å². The summed E-state index contributed by atoms with van der Waals surface area (Å²) in [4.78, 5) is 12.2. The molecule has 1 aromatic heterocycles. The molecular weight excluding hydrogens is 465 g/mol. The summed E-state index contributed by atoms with van der Waals surface area (Å²) in [5.41, 5.74) is -1.01. The van der Waals surface area contributed by atoms with Crippen LogP contribution < -0.4 is 5.32 Å². The Kier molecular flexibility index (Phi) is 7.88. The number of sulfonamides is 1. The maximum Gasteiger partial charge on any atom is 0.416 e. The van der Waals surface area contributed by atoms with Crippen LogP contribution in [0.5, 0.6) is 0 Å². The van der Waals surface area contributed by atoms with E-state index in [-0.39, 0.29) is 31.8 Å². The van der Waals surface area contributed by atoms with E-state index in [1.54, 1.807) is 0 Å². The van der Waals surface area contributed by atoms with Gasteiger partial charge in [0, 0.05) is 25.4 Å². The molecule has 1 aliphatic rings. The molecule has 12 heteroatoms. The third kappa shape index (κ3) is 6.04. The first-order valence-electron chi connectivity index (χ1n) is 10.4. The first-order valence-corrected chi connectivity index (χ1v) is 12.7. The fourth-order valence-electron chi connectivity index (χ4n) is 3.48. The molecule has 32 heavy (non-hydrogen) atoms. The number of amides is 1. The van der Waals surface area contributed by atoms with Crippen LogP contribution in [0.1, 0.15) is 49.6 Å². The molecule has 7 nitrogen and oxygen atoms in total. The highest BCUT2D eigenvalue weighted by Gasteiger charge is 2.35. The molecule has 1 aliphatic heterocycles. The van der Waals surface area contributed by atoms with Crippen LogP contribution in [-0.2, 0) is 27.4 Å². The average Bonchev–Trinajstić information content (AvgIpc) is 3.20. The summed E-state index contributed by atoms with van der Waals surface area (Å²) in [5.74, 6) is -0.659. The highest BCUT2D eigenvalue weighted by atomic mass is 32.2. The highest BCUT2D eigenvalue weighted by molar-refractivity contribution is 7.89. The van der Waals surface area contributed by atoms with Gasteiger partial charge in [-0.2, -0.15) is 17.5 Å². The molecule has 0 bridgehead atoms. The SMILES string of the molecule is CCCCCc1nnc(NC(=O)C2CCN(S(=O)(=O)c3cccc(C(F)(F)F)c3)CC2)s1. The number of aromatic nitrogens is 2. The van der Waals surface area contributed by atoms with E-state index >= 15 is 0 Å². The van der Waals surface area contributed by atoms with Crippen molar-refractivity contribution in [3.63, 3.8) is 0 Å². The Labute approximate surface area is 189 Å². The van der Waals surface area contributed by atoms with E-state index in [0.29, 0.717) is 11.2 Å². The van der Waals surface area contributed by atoms with E-state index in [0.717, 1.165) is 53.2 Å². The van der Waals surface area contributed by atoms with Gasteiger partial charge >= 0.3 is 6.18 Å². The summed E-state index contributed by atoms with van der Waals surface area (Å²) in [6.07, 6.45) is -0.0611. The van der Waals surface area contributed by atoms with Crippen molar-refractivity contribution in [2.24, 2.45) is 5.92 Å². The molecule has 0 aliphatic carbocycles. The minimum atomic E-state index is -4.63. The van der Waals surface area contributed by atoms with Crippen LogP contribution in [0.25, 0.3) is 0 Å². The molecule has 0 atom stereocenters. The van der Waals surface area contributed by atoms with Gasteiger partial charge in [-0.25, -0.2) is 8.42 Å². The number of carbonyl (C=O) groups is 1. The Balaban J connectivity index is 1.57. The summed E-state index contributed by atoms with van der Waals surface area (Å²) in [6.45, 7) is 2.21. The summed E-state index contributed by atoms with van der Waals surface area (Å²) in [6, 6.07) is 3.70. The summed E-state index contributed by atoms with van der Waals surface area (Å²) < 4.78 is 65.5. The lowest BCUT2D eigenvalue weighted by Crippen LogP contribution is -2.41. The van der Waals surface area contributed by atoms with Gasteiger partial charge in [0.15, 0.2) is 0 Å². The molecular formula is C20H25F3N4O3S2. The number of hydrogen-bond donors (Lipinski definition) is 1. The van der Waals surface area contributed by atoms with E-state index in [2.05, 4.69) is 22.4 Å². The summed E-state index contributed by atoms with van der Waals surface area (Å²) >= 11 is 1.33. The quantitative estimate of drug-likeness (QED) is 0.556. The number of benzene rings is 1. The first kappa shape index (κ1) is 24.6. The second kappa shape index (κ2) is 10.3. The van der Waals surface area contributed by atoms with Crippen molar-refractivity contribution in [3.8, 4) is 0 Å². The van der Waals surface area contributed by atoms with Crippen LogP contribution in [0.4, 0.5) is 18.3 Å². The fraction of sp³-hybridized carbons (Fsp3) is 0.550. The van der Waals surface area contributed by atoms with Gasteiger partial charge in [-0.3, -0.25) is 4.79 Å². The van der Waals surface area contributed by atoms with Crippen molar-refractivity contribution in [2.75, 3.05) is 18.4 Å². The maximum atomic E-state index is 12.9. The van der Waals surface area contributed by atoms with Crippen molar-refractivity contribution in [1.82, 2.24) is 14.5 Å². The average molecular weight is 491 g/mol. The molecule has 0 radical (unpaired) electrons. The molecule has 0 spiro atoms. The van der Waals surface area contributed by atoms with Crippen LogP contribution in [0.2, 0.25) is 0 Å². The smallest absolute Gasteiger partial charge is 0.300 e. The number of alkyl halides is 3. The topological polar surface area (TPSA) is 92.3 Å². The summed E-state index contributed by atoms with van der Waals surface area (Å²) in [7, 11) is -4.08. The van der Waals surface area contributed by atoms with Gasteiger partial charge in [-0.1, -0.05) is 37.2 Å². The fourth-order valence-corrected chi connectivity index (χ4v) is 5.78. The van der Waals surface area contributed by atoms with E-state index < -0.39 is 32.6 Å². The number of piperidine rings is 1. The third-order valence-electron chi connectivity index (χ3n) is 5.32. The van der Waals surface area contributed by atoms with Crippen molar-refractivity contribution < 1.29 is 26.4 Å². The molecule has 0 unspecified atom stereocenters. The van der Waals surface area contributed by atoms with Crippen molar-refractivity contribution in [3.05, 3.63) is 34.8 Å². The molecule has 3 rings (SSSR count).